The molecule has 158 valence electrons. The number of carbonyl (C=O) groups is 1. The third kappa shape index (κ3) is 8.68. The third-order valence-electron chi connectivity index (χ3n) is 3.93. The largest absolute Gasteiger partial charge is 0.484 e. The van der Waals surface area contributed by atoms with Gasteiger partial charge < -0.3 is 20.3 Å². The maximum absolute atomic E-state index is 13.8. The predicted molar refractivity (Wildman–Crippen MR) is 124 cm³/mol. The Kier molecular flexibility index (Phi) is 11.0. The summed E-state index contributed by atoms with van der Waals surface area (Å²) in [6.45, 7) is 3.42. The van der Waals surface area contributed by atoms with Gasteiger partial charge in [-0.05, 0) is 30.7 Å². The molecule has 2 aromatic carbocycles. The zero-order valence-electron chi connectivity index (χ0n) is 16.9. The second-order valence-corrected chi connectivity index (χ2v) is 6.36. The summed E-state index contributed by atoms with van der Waals surface area (Å²) in [5, 5.41) is 6.28. The minimum atomic E-state index is -0.247. The molecule has 0 aromatic heterocycles. The fourth-order valence-corrected chi connectivity index (χ4v) is 2.34. The lowest BCUT2D eigenvalue weighted by Gasteiger charge is -2.13. The molecule has 2 aromatic rings. The summed E-state index contributed by atoms with van der Waals surface area (Å²) in [5.41, 5.74) is 1.52. The van der Waals surface area contributed by atoms with Crippen molar-refractivity contribution in [2.45, 2.75) is 20.0 Å². The van der Waals surface area contributed by atoms with Crippen molar-refractivity contribution in [2.24, 2.45) is 4.99 Å². The van der Waals surface area contributed by atoms with Gasteiger partial charge in [0.2, 0.25) is 0 Å². The van der Waals surface area contributed by atoms with Crippen LogP contribution in [-0.2, 0) is 17.9 Å². The van der Waals surface area contributed by atoms with Gasteiger partial charge >= 0.3 is 0 Å². The van der Waals surface area contributed by atoms with Crippen molar-refractivity contribution in [3.05, 3.63) is 65.5 Å². The number of halogens is 2. The lowest BCUT2D eigenvalue weighted by molar-refractivity contribution is -0.130. The second kappa shape index (κ2) is 13.0. The number of carbonyl (C=O) groups excluding carboxylic acids is 1. The molecule has 0 saturated carbocycles. The number of hydrogen-bond donors (Lipinski definition) is 2. The van der Waals surface area contributed by atoms with E-state index in [1.807, 2.05) is 25.1 Å². The topological polar surface area (TPSA) is 66.0 Å². The first-order valence-corrected chi connectivity index (χ1v) is 9.17. The van der Waals surface area contributed by atoms with Gasteiger partial charge in [-0.1, -0.05) is 30.3 Å². The van der Waals surface area contributed by atoms with Crippen molar-refractivity contribution in [2.75, 3.05) is 27.2 Å². The summed E-state index contributed by atoms with van der Waals surface area (Å²) in [7, 11) is 3.38. The maximum Gasteiger partial charge on any atom is 0.259 e. The number of likely N-dealkylation sites (N-methyl/N-ethyl adjacent to an activating group) is 1. The molecule has 29 heavy (non-hydrogen) atoms. The molecular formula is C21H28FIN4O2. The molecule has 0 radical (unpaired) electrons. The zero-order valence-corrected chi connectivity index (χ0v) is 19.3. The van der Waals surface area contributed by atoms with Crippen LogP contribution >= 0.6 is 24.0 Å². The van der Waals surface area contributed by atoms with Crippen molar-refractivity contribution in [3.8, 4) is 5.75 Å². The van der Waals surface area contributed by atoms with Crippen LogP contribution in [0, 0.1) is 5.82 Å². The Bertz CT molecular complexity index is 815. The van der Waals surface area contributed by atoms with E-state index in [2.05, 4.69) is 15.6 Å². The maximum atomic E-state index is 13.8. The quantitative estimate of drug-likeness (QED) is 0.323. The smallest absolute Gasteiger partial charge is 0.259 e. The highest BCUT2D eigenvalue weighted by Gasteiger charge is 2.06. The van der Waals surface area contributed by atoms with E-state index in [0.29, 0.717) is 36.9 Å². The third-order valence-corrected chi connectivity index (χ3v) is 3.93. The molecule has 0 unspecified atom stereocenters. The first-order chi connectivity index (χ1) is 13.5. The van der Waals surface area contributed by atoms with Crippen molar-refractivity contribution in [3.63, 3.8) is 0 Å². The Balaban J connectivity index is 0.00000420. The number of amides is 1. The average molecular weight is 514 g/mol. The zero-order chi connectivity index (χ0) is 20.4. The number of hydrogen-bond acceptors (Lipinski definition) is 3. The van der Waals surface area contributed by atoms with Gasteiger partial charge in [0.1, 0.15) is 11.6 Å². The number of aliphatic imine (C=N–C) groups is 1. The number of rotatable bonds is 8. The van der Waals surface area contributed by atoms with Crippen molar-refractivity contribution in [1.82, 2.24) is 15.5 Å². The van der Waals surface area contributed by atoms with E-state index in [9.17, 15) is 9.18 Å². The summed E-state index contributed by atoms with van der Waals surface area (Å²) in [5.74, 6) is 0.866. The van der Waals surface area contributed by atoms with Gasteiger partial charge in [-0.3, -0.25) is 4.79 Å². The van der Waals surface area contributed by atoms with Gasteiger partial charge in [-0.25, -0.2) is 9.38 Å². The highest BCUT2D eigenvalue weighted by molar-refractivity contribution is 14.0. The molecule has 8 heteroatoms. The molecule has 0 atom stereocenters. The highest BCUT2D eigenvalue weighted by Crippen LogP contribution is 2.14. The molecule has 0 heterocycles. The average Bonchev–Trinajstić information content (AvgIpc) is 2.69. The summed E-state index contributed by atoms with van der Waals surface area (Å²) < 4.78 is 19.3. The summed E-state index contributed by atoms with van der Waals surface area (Å²) >= 11 is 0. The Morgan fingerprint density at radius 3 is 2.59 bits per heavy atom. The Hall–Kier alpha value is -2.36. The molecule has 2 rings (SSSR count). The van der Waals surface area contributed by atoms with Crippen molar-refractivity contribution in [1.29, 1.82) is 0 Å². The summed E-state index contributed by atoms with van der Waals surface area (Å²) in [6, 6.07) is 14.1. The molecule has 1 amide bonds. The van der Waals surface area contributed by atoms with Gasteiger partial charge in [0.15, 0.2) is 12.6 Å². The number of nitrogens with one attached hydrogen (secondary N) is 2. The Morgan fingerprint density at radius 1 is 1.14 bits per heavy atom. The van der Waals surface area contributed by atoms with E-state index in [4.69, 9.17) is 4.74 Å². The molecule has 0 spiro atoms. The van der Waals surface area contributed by atoms with E-state index < -0.39 is 0 Å². The van der Waals surface area contributed by atoms with Crippen LogP contribution in [0.2, 0.25) is 0 Å². The molecule has 0 bridgehead atoms. The van der Waals surface area contributed by atoms with Crippen LogP contribution in [0.3, 0.4) is 0 Å². The monoisotopic (exact) mass is 514 g/mol. The first-order valence-electron chi connectivity index (χ1n) is 9.17. The van der Waals surface area contributed by atoms with Gasteiger partial charge in [0.25, 0.3) is 5.91 Å². The van der Waals surface area contributed by atoms with Crippen LogP contribution in [-0.4, -0.2) is 44.0 Å². The van der Waals surface area contributed by atoms with Gasteiger partial charge in [-0.2, -0.15) is 0 Å². The van der Waals surface area contributed by atoms with Crippen LogP contribution in [0.4, 0.5) is 4.39 Å². The molecule has 0 fully saturated rings. The number of ether oxygens (including phenoxy) is 1. The van der Waals surface area contributed by atoms with Crippen LogP contribution in [0.1, 0.15) is 18.1 Å². The van der Waals surface area contributed by atoms with E-state index in [1.165, 1.54) is 11.0 Å². The minimum Gasteiger partial charge on any atom is -0.484 e. The van der Waals surface area contributed by atoms with E-state index in [-0.39, 0.29) is 42.3 Å². The number of nitrogens with zero attached hydrogens (tertiary/aromatic N) is 2. The van der Waals surface area contributed by atoms with Crippen molar-refractivity contribution < 1.29 is 13.9 Å². The minimum absolute atomic E-state index is 0. The van der Waals surface area contributed by atoms with Gasteiger partial charge in [-0.15, -0.1) is 24.0 Å². The molecular weight excluding hydrogens is 486 g/mol. The second-order valence-electron chi connectivity index (χ2n) is 6.36. The number of guanidine groups is 1. The molecule has 0 saturated heterocycles. The first kappa shape index (κ1) is 24.7. The summed E-state index contributed by atoms with van der Waals surface area (Å²) in [6.07, 6.45) is 0. The van der Waals surface area contributed by atoms with E-state index >= 15 is 0 Å². The lowest BCUT2D eigenvalue weighted by Crippen LogP contribution is -2.37. The fraction of sp³-hybridized carbons (Fsp3) is 0.333. The number of benzene rings is 2. The highest BCUT2D eigenvalue weighted by atomic mass is 127. The van der Waals surface area contributed by atoms with Crippen LogP contribution < -0.4 is 15.4 Å². The van der Waals surface area contributed by atoms with Gasteiger partial charge in [0, 0.05) is 32.7 Å². The molecule has 2 N–H and O–H groups in total. The van der Waals surface area contributed by atoms with Gasteiger partial charge in [0.05, 0.1) is 6.54 Å². The molecule has 0 aliphatic carbocycles. The summed E-state index contributed by atoms with van der Waals surface area (Å²) in [4.78, 5) is 17.7. The normalized spacial score (nSPS) is 10.7. The molecule has 6 nitrogen and oxygen atoms in total. The lowest BCUT2D eigenvalue weighted by atomic mass is 10.2. The van der Waals surface area contributed by atoms with Crippen LogP contribution in [0.5, 0.6) is 5.75 Å². The van der Waals surface area contributed by atoms with E-state index in [1.54, 1.807) is 38.4 Å². The van der Waals surface area contributed by atoms with Crippen LogP contribution in [0.25, 0.3) is 0 Å². The SMILES string of the molecule is CCNC(=NCc1cccc(OCC(=O)N(C)C)c1)NCc1ccccc1F.I. The fourth-order valence-electron chi connectivity index (χ4n) is 2.34. The molecule has 0 aliphatic heterocycles. The molecule has 0 aliphatic rings. The standard InChI is InChI=1S/C21H27FN4O2.HI/c1-4-23-21(25-14-17-9-5-6-11-19(17)22)24-13-16-8-7-10-18(12-16)28-15-20(27)26(2)3;/h5-12H,4,13-15H2,1-3H3,(H2,23,24,25);1H. The van der Waals surface area contributed by atoms with Crippen LogP contribution in [0.15, 0.2) is 53.5 Å². The van der Waals surface area contributed by atoms with Crippen molar-refractivity contribution >= 4 is 35.8 Å². The Morgan fingerprint density at radius 2 is 1.90 bits per heavy atom. The predicted octanol–water partition coefficient (Wildman–Crippen LogP) is 3.17. The van der Waals surface area contributed by atoms with E-state index in [0.717, 1.165) is 5.56 Å². The Labute approximate surface area is 188 Å².